The number of hydrogen-bond donors (Lipinski definition) is 0. The minimum atomic E-state index is -0.414. The van der Waals surface area contributed by atoms with Crippen LogP contribution >= 0.6 is 0 Å². The minimum Gasteiger partial charge on any atom is -0.452 e. The van der Waals surface area contributed by atoms with Crippen molar-refractivity contribution in [1.82, 2.24) is 19.6 Å². The van der Waals surface area contributed by atoms with Crippen molar-refractivity contribution >= 4 is 5.65 Å². The number of aromatic nitrogens is 4. The van der Waals surface area contributed by atoms with E-state index in [1.807, 2.05) is 51.2 Å². The maximum Gasteiger partial charge on any atom is 0.166 e. The Labute approximate surface area is 174 Å². The van der Waals surface area contributed by atoms with Crippen molar-refractivity contribution in [2.75, 3.05) is 0 Å². The first-order valence-corrected chi connectivity index (χ1v) is 10.2. The van der Waals surface area contributed by atoms with Gasteiger partial charge < -0.3 is 4.74 Å². The number of aryl methyl sites for hydroxylation is 3. The van der Waals surface area contributed by atoms with Gasteiger partial charge in [0.15, 0.2) is 17.2 Å². The van der Waals surface area contributed by atoms with Gasteiger partial charge in [-0.1, -0.05) is 6.07 Å². The zero-order chi connectivity index (χ0) is 20.8. The zero-order valence-electron chi connectivity index (χ0n) is 17.3. The molecule has 6 heteroatoms. The second kappa shape index (κ2) is 7.20. The van der Waals surface area contributed by atoms with E-state index in [0.717, 1.165) is 51.9 Å². The lowest BCUT2D eigenvalue weighted by molar-refractivity contribution is 0.437. The largest absolute Gasteiger partial charge is 0.452 e. The molecule has 0 N–H and O–H groups in total. The maximum atomic E-state index is 14.9. The molecule has 4 aromatic rings. The predicted molar refractivity (Wildman–Crippen MR) is 113 cm³/mol. The van der Waals surface area contributed by atoms with Crippen LogP contribution in [0.15, 0.2) is 42.6 Å². The summed E-state index contributed by atoms with van der Waals surface area (Å²) in [6, 6.07) is 10.7. The van der Waals surface area contributed by atoms with Gasteiger partial charge in [-0.3, -0.25) is 9.38 Å². The van der Waals surface area contributed by atoms with E-state index in [4.69, 9.17) is 4.74 Å². The monoisotopic (exact) mass is 402 g/mol. The van der Waals surface area contributed by atoms with Crippen molar-refractivity contribution in [3.63, 3.8) is 0 Å². The molecule has 0 unspecified atom stereocenters. The topological polar surface area (TPSA) is 52.3 Å². The van der Waals surface area contributed by atoms with E-state index in [9.17, 15) is 4.39 Å². The summed E-state index contributed by atoms with van der Waals surface area (Å²) < 4.78 is 22.7. The van der Waals surface area contributed by atoms with E-state index in [2.05, 4.69) is 19.6 Å². The van der Waals surface area contributed by atoms with Crippen LogP contribution in [-0.2, 0) is 6.42 Å². The van der Waals surface area contributed by atoms with Crippen molar-refractivity contribution < 1.29 is 9.13 Å². The third-order valence-corrected chi connectivity index (χ3v) is 5.70. The van der Waals surface area contributed by atoms with E-state index < -0.39 is 5.82 Å². The molecule has 0 spiro atoms. The van der Waals surface area contributed by atoms with Gasteiger partial charge in [-0.15, -0.1) is 10.2 Å². The molecule has 0 bridgehead atoms. The highest BCUT2D eigenvalue weighted by molar-refractivity contribution is 5.73. The highest BCUT2D eigenvalue weighted by Gasteiger charge is 2.24. The molecule has 0 atom stereocenters. The number of rotatable bonds is 5. The summed E-state index contributed by atoms with van der Waals surface area (Å²) in [5, 5.41) is 8.76. The van der Waals surface area contributed by atoms with Crippen molar-refractivity contribution in [2.45, 2.75) is 40.0 Å². The normalized spacial score (nSPS) is 13.7. The smallest absolute Gasteiger partial charge is 0.166 e. The Morgan fingerprint density at radius 2 is 1.83 bits per heavy atom. The molecule has 3 aromatic heterocycles. The molecule has 5 rings (SSSR count). The molecule has 1 aromatic carbocycles. The summed E-state index contributed by atoms with van der Waals surface area (Å²) in [6.45, 7) is 5.77. The van der Waals surface area contributed by atoms with Gasteiger partial charge >= 0.3 is 0 Å². The highest BCUT2D eigenvalue weighted by Crippen LogP contribution is 2.34. The Kier molecular flexibility index (Phi) is 4.50. The number of ether oxygens (including phenoxy) is 1. The maximum absolute atomic E-state index is 14.9. The minimum absolute atomic E-state index is 0.181. The van der Waals surface area contributed by atoms with Crippen LogP contribution in [0, 0.1) is 32.5 Å². The Morgan fingerprint density at radius 3 is 2.57 bits per heavy atom. The first-order chi connectivity index (χ1) is 14.5. The molecule has 30 heavy (non-hydrogen) atoms. The number of pyridine rings is 2. The molecule has 0 saturated heterocycles. The lowest BCUT2D eigenvalue weighted by Crippen LogP contribution is -1.98. The fourth-order valence-electron chi connectivity index (χ4n) is 3.81. The fraction of sp³-hybridized carbons (Fsp3) is 0.292. The van der Waals surface area contributed by atoms with E-state index in [0.29, 0.717) is 5.75 Å². The van der Waals surface area contributed by atoms with E-state index in [-0.39, 0.29) is 5.75 Å². The van der Waals surface area contributed by atoms with E-state index >= 15 is 0 Å². The summed E-state index contributed by atoms with van der Waals surface area (Å²) in [6.07, 6.45) is 5.50. The van der Waals surface area contributed by atoms with Crippen LogP contribution in [0.25, 0.3) is 16.8 Å². The molecule has 0 amide bonds. The lowest BCUT2D eigenvalue weighted by atomic mass is 10.0. The summed E-state index contributed by atoms with van der Waals surface area (Å²) >= 11 is 0. The number of hydrogen-bond acceptors (Lipinski definition) is 4. The molecule has 1 aliphatic rings. The first kappa shape index (κ1) is 18.7. The van der Waals surface area contributed by atoms with Crippen molar-refractivity contribution in [3.8, 4) is 22.6 Å². The summed E-state index contributed by atoms with van der Waals surface area (Å²) in [4.78, 5) is 4.37. The molecule has 5 nitrogen and oxygen atoms in total. The average Bonchev–Trinajstić information content (AvgIpc) is 3.44. The van der Waals surface area contributed by atoms with Crippen LogP contribution in [0.5, 0.6) is 11.5 Å². The second-order valence-electron chi connectivity index (χ2n) is 8.10. The van der Waals surface area contributed by atoms with Crippen LogP contribution in [-0.4, -0.2) is 19.6 Å². The first-order valence-electron chi connectivity index (χ1n) is 10.2. The quantitative estimate of drug-likeness (QED) is 0.436. The molecule has 0 aliphatic heterocycles. The zero-order valence-corrected chi connectivity index (χ0v) is 17.3. The second-order valence-corrected chi connectivity index (χ2v) is 8.10. The molecule has 3 heterocycles. The molecular formula is C24H23FN4O. The van der Waals surface area contributed by atoms with E-state index in [1.165, 1.54) is 18.9 Å². The number of benzene rings is 1. The summed E-state index contributed by atoms with van der Waals surface area (Å²) in [7, 11) is 0. The lowest BCUT2D eigenvalue weighted by Gasteiger charge is -2.12. The summed E-state index contributed by atoms with van der Waals surface area (Å²) in [5.74, 6) is 2.06. The van der Waals surface area contributed by atoms with Gasteiger partial charge in [-0.25, -0.2) is 4.39 Å². The SMILES string of the molecule is Cc1ccc(Oc2ccc(-c3ccn4c(CC5CC5)nnc4c3C)cc2F)c(C)n1. The summed E-state index contributed by atoms with van der Waals surface area (Å²) in [5.41, 5.74) is 5.16. The Balaban J connectivity index is 1.46. The van der Waals surface area contributed by atoms with E-state index in [1.54, 1.807) is 6.07 Å². The van der Waals surface area contributed by atoms with Gasteiger partial charge in [0.2, 0.25) is 0 Å². The van der Waals surface area contributed by atoms with Crippen LogP contribution in [0.3, 0.4) is 0 Å². The highest BCUT2D eigenvalue weighted by atomic mass is 19.1. The molecule has 152 valence electrons. The number of halogens is 1. The molecule has 1 fully saturated rings. The van der Waals surface area contributed by atoms with Crippen molar-refractivity contribution in [3.05, 3.63) is 71.2 Å². The molecule has 1 aliphatic carbocycles. The van der Waals surface area contributed by atoms with Crippen LogP contribution in [0.2, 0.25) is 0 Å². The Hall–Kier alpha value is -3.28. The third-order valence-electron chi connectivity index (χ3n) is 5.70. The van der Waals surface area contributed by atoms with Gasteiger partial charge in [-0.2, -0.15) is 0 Å². The van der Waals surface area contributed by atoms with Crippen molar-refractivity contribution in [1.29, 1.82) is 0 Å². The number of nitrogens with zero attached hydrogens (tertiary/aromatic N) is 4. The Bertz CT molecular complexity index is 1260. The molecule has 0 radical (unpaired) electrons. The molecule has 1 saturated carbocycles. The van der Waals surface area contributed by atoms with Gasteiger partial charge in [0.25, 0.3) is 0 Å². The standard InChI is InChI=1S/C24H23FN4O/c1-14-4-8-21(16(3)26-14)30-22-9-7-18(13-20(22)25)19-10-11-29-23(12-17-5-6-17)27-28-24(29)15(19)2/h4,7-11,13,17H,5-6,12H2,1-3H3. The predicted octanol–water partition coefficient (Wildman–Crippen LogP) is 5.60. The van der Waals surface area contributed by atoms with Gasteiger partial charge in [0, 0.05) is 23.9 Å². The Morgan fingerprint density at radius 1 is 1.03 bits per heavy atom. The fourth-order valence-corrected chi connectivity index (χ4v) is 3.81. The van der Waals surface area contributed by atoms with Crippen LogP contribution in [0.4, 0.5) is 4.39 Å². The third kappa shape index (κ3) is 3.43. The average molecular weight is 402 g/mol. The van der Waals surface area contributed by atoms with Gasteiger partial charge in [0.1, 0.15) is 11.6 Å². The van der Waals surface area contributed by atoms with Gasteiger partial charge in [-0.05, 0) is 81.0 Å². The van der Waals surface area contributed by atoms with Crippen LogP contribution in [0.1, 0.15) is 35.6 Å². The number of fused-ring (bicyclic) bond motifs is 1. The van der Waals surface area contributed by atoms with Crippen molar-refractivity contribution in [2.24, 2.45) is 5.92 Å². The van der Waals surface area contributed by atoms with Gasteiger partial charge in [0.05, 0.1) is 5.69 Å². The molecular weight excluding hydrogens is 379 g/mol. The van der Waals surface area contributed by atoms with Crippen LogP contribution < -0.4 is 4.74 Å².